The zero-order valence-electron chi connectivity index (χ0n) is 16.5. The van der Waals surface area contributed by atoms with E-state index in [0.29, 0.717) is 11.3 Å². The van der Waals surface area contributed by atoms with Crippen LogP contribution in [0.1, 0.15) is 56.9 Å². The molecule has 6 nitrogen and oxygen atoms in total. The highest BCUT2D eigenvalue weighted by Gasteiger charge is 2.32. The largest absolute Gasteiger partial charge is 0.341 e. The molecule has 1 aliphatic heterocycles. The van der Waals surface area contributed by atoms with E-state index in [1.54, 1.807) is 11.3 Å². The molecular weight excluding hydrogens is 360 g/mol. The molecule has 1 fully saturated rings. The molecule has 2 aromatic heterocycles. The van der Waals surface area contributed by atoms with Gasteiger partial charge in [-0.2, -0.15) is 0 Å². The summed E-state index contributed by atoms with van der Waals surface area (Å²) in [6.07, 6.45) is 6.27. The summed E-state index contributed by atoms with van der Waals surface area (Å²) in [6.45, 7) is 8.42. The van der Waals surface area contributed by atoms with Crippen molar-refractivity contribution < 1.29 is 4.79 Å². The van der Waals surface area contributed by atoms with Crippen molar-refractivity contribution in [2.24, 2.45) is 11.3 Å². The number of fused-ring (bicyclic) bond motifs is 3. The van der Waals surface area contributed by atoms with Crippen molar-refractivity contribution in [1.29, 1.82) is 0 Å². The Morgan fingerprint density at radius 3 is 2.67 bits per heavy atom. The van der Waals surface area contributed by atoms with E-state index in [0.717, 1.165) is 55.6 Å². The van der Waals surface area contributed by atoms with Crippen LogP contribution in [-0.4, -0.2) is 38.9 Å². The van der Waals surface area contributed by atoms with Gasteiger partial charge in [0.2, 0.25) is 5.91 Å². The molecule has 2 aromatic rings. The highest BCUT2D eigenvalue weighted by atomic mass is 32.1. The average Bonchev–Trinajstić information content (AvgIpc) is 3.02. The van der Waals surface area contributed by atoms with Crippen LogP contribution in [0, 0.1) is 11.3 Å². The number of aryl methyl sites for hydroxylation is 1. The van der Waals surface area contributed by atoms with Crippen LogP contribution in [0.2, 0.25) is 0 Å². The summed E-state index contributed by atoms with van der Waals surface area (Å²) >= 11 is 1.61. The van der Waals surface area contributed by atoms with Gasteiger partial charge in [0.05, 0.1) is 5.39 Å². The van der Waals surface area contributed by atoms with E-state index in [-0.39, 0.29) is 23.4 Å². The van der Waals surface area contributed by atoms with Gasteiger partial charge in [0, 0.05) is 18.0 Å². The van der Waals surface area contributed by atoms with E-state index < -0.39 is 0 Å². The molecule has 0 unspecified atom stereocenters. The fraction of sp³-hybridized carbons (Fsp3) is 0.700. The Hall–Kier alpha value is -1.76. The van der Waals surface area contributed by atoms with Crippen molar-refractivity contribution in [3.8, 4) is 0 Å². The third-order valence-electron chi connectivity index (χ3n) is 6.16. The van der Waals surface area contributed by atoms with Crippen molar-refractivity contribution in [2.75, 3.05) is 13.1 Å². The minimum atomic E-state index is -0.155. The van der Waals surface area contributed by atoms with Gasteiger partial charge in [-0.1, -0.05) is 26.0 Å². The zero-order chi connectivity index (χ0) is 19.2. The SMILES string of the molecule is CC(C)(C)[C@H]1CCc2c(sc3nnn(CC(=O)N4CCCCC4)c(=O)c23)C1. The molecule has 27 heavy (non-hydrogen) atoms. The smallest absolute Gasteiger partial charge is 0.279 e. The van der Waals surface area contributed by atoms with Crippen LogP contribution < -0.4 is 5.56 Å². The van der Waals surface area contributed by atoms with Gasteiger partial charge in [-0.05, 0) is 55.4 Å². The van der Waals surface area contributed by atoms with E-state index in [1.165, 1.54) is 16.0 Å². The Labute approximate surface area is 163 Å². The number of hydrogen-bond acceptors (Lipinski definition) is 5. The number of thiophene rings is 1. The molecule has 3 heterocycles. The van der Waals surface area contributed by atoms with Crippen molar-refractivity contribution in [2.45, 2.75) is 65.8 Å². The second kappa shape index (κ2) is 7.00. The summed E-state index contributed by atoms with van der Waals surface area (Å²) in [6, 6.07) is 0. The second-order valence-electron chi connectivity index (χ2n) is 8.98. The standard InChI is InChI=1S/C20H28N4O2S/c1-20(2,3)13-7-8-14-15(11-13)27-18-17(14)19(26)24(22-21-18)12-16(25)23-9-5-4-6-10-23/h13H,4-12H2,1-3H3/t13-/m0/s1. The van der Waals surface area contributed by atoms with Gasteiger partial charge in [-0.25, -0.2) is 4.68 Å². The lowest BCUT2D eigenvalue weighted by atomic mass is 9.72. The molecule has 0 aromatic carbocycles. The monoisotopic (exact) mass is 388 g/mol. The number of carbonyl (C=O) groups excluding carboxylic acids is 1. The molecule has 0 N–H and O–H groups in total. The minimum absolute atomic E-state index is 0.00297. The molecule has 146 valence electrons. The van der Waals surface area contributed by atoms with Gasteiger partial charge in [0.25, 0.3) is 5.56 Å². The number of hydrogen-bond donors (Lipinski definition) is 0. The van der Waals surface area contributed by atoms with Gasteiger partial charge in [0.1, 0.15) is 6.54 Å². The molecule has 1 amide bonds. The van der Waals surface area contributed by atoms with Crippen molar-refractivity contribution in [3.63, 3.8) is 0 Å². The number of amides is 1. The number of likely N-dealkylation sites (tertiary alicyclic amines) is 1. The number of nitrogens with zero attached hydrogens (tertiary/aromatic N) is 4. The van der Waals surface area contributed by atoms with Crippen LogP contribution in [0.3, 0.4) is 0 Å². The van der Waals surface area contributed by atoms with E-state index in [4.69, 9.17) is 0 Å². The second-order valence-corrected chi connectivity index (χ2v) is 10.1. The Morgan fingerprint density at radius 2 is 1.96 bits per heavy atom. The summed E-state index contributed by atoms with van der Waals surface area (Å²) < 4.78 is 1.27. The van der Waals surface area contributed by atoms with Gasteiger partial charge >= 0.3 is 0 Å². The highest BCUT2D eigenvalue weighted by molar-refractivity contribution is 7.18. The molecular formula is C20H28N4O2S. The molecule has 2 aliphatic rings. The molecule has 0 saturated carbocycles. The Balaban J connectivity index is 1.63. The van der Waals surface area contributed by atoms with Crippen molar-refractivity contribution in [1.82, 2.24) is 19.9 Å². The quantitative estimate of drug-likeness (QED) is 0.793. The van der Waals surface area contributed by atoms with E-state index in [1.807, 2.05) is 4.90 Å². The average molecular weight is 389 g/mol. The third kappa shape index (κ3) is 3.53. The van der Waals surface area contributed by atoms with Crippen LogP contribution in [0.15, 0.2) is 4.79 Å². The van der Waals surface area contributed by atoms with Crippen LogP contribution in [0.5, 0.6) is 0 Å². The normalized spacial score (nSPS) is 20.7. The van der Waals surface area contributed by atoms with E-state index in [2.05, 4.69) is 31.1 Å². The first-order chi connectivity index (χ1) is 12.8. The molecule has 1 aliphatic carbocycles. The molecule has 4 rings (SSSR count). The van der Waals surface area contributed by atoms with E-state index in [9.17, 15) is 9.59 Å². The maximum atomic E-state index is 13.1. The minimum Gasteiger partial charge on any atom is -0.341 e. The van der Waals surface area contributed by atoms with Gasteiger partial charge in [0.15, 0.2) is 4.83 Å². The van der Waals surface area contributed by atoms with Crippen LogP contribution in [-0.2, 0) is 24.2 Å². The maximum Gasteiger partial charge on any atom is 0.279 e. The molecule has 7 heteroatoms. The summed E-state index contributed by atoms with van der Waals surface area (Å²) in [4.78, 5) is 29.4. The molecule has 1 atom stereocenters. The molecule has 0 bridgehead atoms. The third-order valence-corrected chi connectivity index (χ3v) is 7.30. The van der Waals surface area contributed by atoms with Crippen LogP contribution in [0.4, 0.5) is 0 Å². The fourth-order valence-electron chi connectivity index (χ4n) is 4.34. The van der Waals surface area contributed by atoms with E-state index >= 15 is 0 Å². The predicted octanol–water partition coefficient (Wildman–Crippen LogP) is 3.02. The lowest BCUT2D eigenvalue weighted by Crippen LogP contribution is -2.40. The lowest BCUT2D eigenvalue weighted by molar-refractivity contribution is -0.133. The summed E-state index contributed by atoms with van der Waals surface area (Å²) in [5, 5.41) is 9.06. The van der Waals surface area contributed by atoms with Gasteiger partial charge in [-0.3, -0.25) is 9.59 Å². The topological polar surface area (TPSA) is 68.1 Å². The Morgan fingerprint density at radius 1 is 1.22 bits per heavy atom. The Kier molecular flexibility index (Phi) is 4.82. The maximum absolute atomic E-state index is 13.1. The first kappa shape index (κ1) is 18.6. The first-order valence-corrected chi connectivity index (χ1v) is 10.8. The first-order valence-electron chi connectivity index (χ1n) is 10.0. The van der Waals surface area contributed by atoms with Crippen LogP contribution >= 0.6 is 11.3 Å². The van der Waals surface area contributed by atoms with Gasteiger partial charge < -0.3 is 4.90 Å². The lowest BCUT2D eigenvalue weighted by Gasteiger charge is -2.33. The predicted molar refractivity (Wildman–Crippen MR) is 107 cm³/mol. The molecule has 1 saturated heterocycles. The van der Waals surface area contributed by atoms with Gasteiger partial charge in [-0.15, -0.1) is 16.4 Å². The highest BCUT2D eigenvalue weighted by Crippen LogP contribution is 2.41. The molecule has 0 spiro atoms. The number of rotatable bonds is 2. The summed E-state index contributed by atoms with van der Waals surface area (Å²) in [7, 11) is 0. The van der Waals surface area contributed by atoms with Crippen molar-refractivity contribution >= 4 is 27.5 Å². The summed E-state index contributed by atoms with van der Waals surface area (Å²) in [5.41, 5.74) is 1.26. The Bertz CT molecular complexity index is 918. The van der Waals surface area contributed by atoms with Crippen LogP contribution in [0.25, 0.3) is 10.2 Å². The number of carbonyl (C=O) groups is 1. The van der Waals surface area contributed by atoms with Crippen molar-refractivity contribution in [3.05, 3.63) is 20.8 Å². The summed E-state index contributed by atoms with van der Waals surface area (Å²) in [5.74, 6) is 0.594. The fourth-order valence-corrected chi connectivity index (χ4v) is 5.58. The molecule has 0 radical (unpaired) electrons. The number of aromatic nitrogens is 3. The zero-order valence-corrected chi connectivity index (χ0v) is 17.3. The number of piperidine rings is 1.